The molecule has 2 N–H and O–H groups in total. The molecule has 2 nitrogen and oxygen atoms in total. The first-order valence-corrected chi connectivity index (χ1v) is 3.63. The van der Waals surface area contributed by atoms with Crippen LogP contribution in [-0.2, 0) is 0 Å². The third-order valence-electron chi connectivity index (χ3n) is 1.01. The van der Waals surface area contributed by atoms with Crippen LogP contribution < -0.4 is 5.73 Å². The van der Waals surface area contributed by atoms with Gasteiger partial charge in [-0.25, -0.2) is 0 Å². The van der Waals surface area contributed by atoms with Crippen LogP contribution in [0.4, 0.5) is 10.2 Å². The summed E-state index contributed by atoms with van der Waals surface area (Å²) in [7, 11) is 0. The van der Waals surface area contributed by atoms with Gasteiger partial charge in [0.05, 0.1) is 5.02 Å². The number of nitrogen functional groups attached to an aromatic ring is 1. The molecule has 0 aliphatic heterocycles. The van der Waals surface area contributed by atoms with Crippen molar-refractivity contribution in [3.8, 4) is 0 Å². The molecule has 0 fully saturated rings. The van der Waals surface area contributed by atoms with E-state index in [2.05, 4.69) is 4.98 Å². The number of hydrogen-bond donors (Lipinski definition) is 1. The molecule has 1 aromatic rings. The van der Waals surface area contributed by atoms with E-state index in [1.54, 1.807) is 0 Å². The average Bonchev–Trinajstić information content (AvgIpc) is 1.97. The summed E-state index contributed by atoms with van der Waals surface area (Å²) in [6.45, 7) is 0. The zero-order valence-corrected chi connectivity index (χ0v) is 7.30. The van der Waals surface area contributed by atoms with E-state index in [-0.39, 0.29) is 20.9 Å². The number of anilines is 1. The predicted molar refractivity (Wildman–Crippen MR) is 43.6 cm³/mol. The highest BCUT2D eigenvalue weighted by atomic mass is 35.5. The molecule has 0 saturated heterocycles. The van der Waals surface area contributed by atoms with Gasteiger partial charge in [-0.3, -0.25) is 0 Å². The van der Waals surface area contributed by atoms with Crippen molar-refractivity contribution in [1.82, 2.24) is 4.98 Å². The summed E-state index contributed by atoms with van der Waals surface area (Å²) in [6.07, 6.45) is 0. The smallest absolute Gasteiger partial charge is 0.235 e. The SMILES string of the molecule is Nc1nc(F)c(Cl)c(Cl)c1Cl. The molecule has 0 amide bonds. The van der Waals surface area contributed by atoms with E-state index in [9.17, 15) is 4.39 Å². The molecule has 60 valence electrons. The Morgan fingerprint density at radius 2 is 1.64 bits per heavy atom. The molecule has 0 aromatic carbocycles. The Kier molecular flexibility index (Phi) is 2.42. The zero-order chi connectivity index (χ0) is 8.59. The fourth-order valence-corrected chi connectivity index (χ4v) is 1.000. The van der Waals surface area contributed by atoms with Gasteiger partial charge in [0, 0.05) is 0 Å². The van der Waals surface area contributed by atoms with Crippen LogP contribution in [0.25, 0.3) is 0 Å². The summed E-state index contributed by atoms with van der Waals surface area (Å²) in [5, 5.41) is -0.456. The van der Waals surface area contributed by atoms with E-state index >= 15 is 0 Å². The van der Waals surface area contributed by atoms with Crippen LogP contribution in [0.5, 0.6) is 0 Å². The number of nitrogens with zero attached hydrogens (tertiary/aromatic N) is 1. The molecule has 0 unspecified atom stereocenters. The first-order valence-electron chi connectivity index (χ1n) is 2.49. The molecule has 0 atom stereocenters. The van der Waals surface area contributed by atoms with Crippen molar-refractivity contribution in [2.75, 3.05) is 5.73 Å². The van der Waals surface area contributed by atoms with Crippen LogP contribution in [-0.4, -0.2) is 4.98 Å². The quantitative estimate of drug-likeness (QED) is 0.676. The van der Waals surface area contributed by atoms with Crippen LogP contribution in [0, 0.1) is 5.95 Å². The lowest BCUT2D eigenvalue weighted by atomic mass is 10.4. The number of halogens is 4. The van der Waals surface area contributed by atoms with Crippen LogP contribution in [0.1, 0.15) is 0 Å². The van der Waals surface area contributed by atoms with E-state index < -0.39 is 5.95 Å². The monoisotopic (exact) mass is 214 g/mol. The van der Waals surface area contributed by atoms with Gasteiger partial charge in [-0.2, -0.15) is 9.37 Å². The van der Waals surface area contributed by atoms with Crippen LogP contribution >= 0.6 is 34.8 Å². The number of rotatable bonds is 0. The van der Waals surface area contributed by atoms with E-state index in [4.69, 9.17) is 40.5 Å². The Bertz CT molecular complexity index is 276. The third kappa shape index (κ3) is 1.50. The lowest BCUT2D eigenvalue weighted by Gasteiger charge is -2.01. The number of pyridine rings is 1. The molecule has 1 rings (SSSR count). The van der Waals surface area contributed by atoms with Gasteiger partial charge in [-0.15, -0.1) is 0 Å². The third-order valence-corrected chi connectivity index (χ3v) is 2.31. The molecule has 0 spiro atoms. The highest BCUT2D eigenvalue weighted by Gasteiger charge is 2.13. The Labute approximate surface area is 77.1 Å². The van der Waals surface area contributed by atoms with E-state index in [0.29, 0.717) is 0 Å². The summed E-state index contributed by atoms with van der Waals surface area (Å²) in [6, 6.07) is 0. The van der Waals surface area contributed by atoms with Crippen molar-refractivity contribution in [2.24, 2.45) is 0 Å². The lowest BCUT2D eigenvalue weighted by Crippen LogP contribution is -1.95. The Morgan fingerprint density at radius 3 is 2.18 bits per heavy atom. The van der Waals surface area contributed by atoms with Crippen LogP contribution in [0.3, 0.4) is 0 Å². The fourth-order valence-electron chi connectivity index (χ4n) is 0.503. The maximum absolute atomic E-state index is 12.6. The van der Waals surface area contributed by atoms with Gasteiger partial charge in [0.15, 0.2) is 0 Å². The lowest BCUT2D eigenvalue weighted by molar-refractivity contribution is 0.586. The van der Waals surface area contributed by atoms with Crippen molar-refractivity contribution >= 4 is 40.6 Å². The minimum atomic E-state index is -0.918. The van der Waals surface area contributed by atoms with Crippen LogP contribution in [0.15, 0.2) is 0 Å². The Morgan fingerprint density at radius 1 is 1.09 bits per heavy atom. The molecule has 11 heavy (non-hydrogen) atoms. The van der Waals surface area contributed by atoms with Gasteiger partial charge < -0.3 is 5.73 Å². The van der Waals surface area contributed by atoms with Crippen molar-refractivity contribution in [3.63, 3.8) is 0 Å². The van der Waals surface area contributed by atoms with Crippen molar-refractivity contribution < 1.29 is 4.39 Å². The summed E-state index contributed by atoms with van der Waals surface area (Å²) in [5.41, 5.74) is 5.16. The second-order valence-corrected chi connectivity index (χ2v) is 2.86. The number of aromatic nitrogens is 1. The first kappa shape index (κ1) is 8.84. The summed E-state index contributed by atoms with van der Waals surface area (Å²) >= 11 is 16.3. The second kappa shape index (κ2) is 3.01. The predicted octanol–water partition coefficient (Wildman–Crippen LogP) is 2.76. The largest absolute Gasteiger partial charge is 0.382 e. The molecule has 1 heterocycles. The molecule has 0 aliphatic carbocycles. The first-order chi connectivity index (χ1) is 5.04. The van der Waals surface area contributed by atoms with Gasteiger partial charge in [0.1, 0.15) is 15.9 Å². The molecule has 0 bridgehead atoms. The van der Waals surface area contributed by atoms with Gasteiger partial charge in [-0.05, 0) is 0 Å². The van der Waals surface area contributed by atoms with Gasteiger partial charge in [-0.1, -0.05) is 34.8 Å². The maximum Gasteiger partial charge on any atom is 0.235 e. The Balaban J connectivity index is 3.46. The Hall–Kier alpha value is -0.250. The minimum absolute atomic E-state index is 0.0296. The standard InChI is InChI=1S/C5H2Cl3FN2/c6-1-2(7)4(9)11-5(10)3(1)8/h(H2,10,11). The van der Waals surface area contributed by atoms with Crippen molar-refractivity contribution in [1.29, 1.82) is 0 Å². The van der Waals surface area contributed by atoms with Gasteiger partial charge >= 0.3 is 0 Å². The number of hydrogen-bond acceptors (Lipinski definition) is 2. The van der Waals surface area contributed by atoms with E-state index in [1.807, 2.05) is 0 Å². The normalized spacial score (nSPS) is 10.2. The molecule has 0 radical (unpaired) electrons. The minimum Gasteiger partial charge on any atom is -0.382 e. The fraction of sp³-hybridized carbons (Fsp3) is 0. The molecular weight excluding hydrogens is 213 g/mol. The maximum atomic E-state index is 12.6. The van der Waals surface area contributed by atoms with E-state index in [0.717, 1.165) is 0 Å². The molecule has 1 aromatic heterocycles. The molecule has 6 heteroatoms. The highest BCUT2D eigenvalue weighted by Crippen LogP contribution is 2.33. The van der Waals surface area contributed by atoms with Crippen LogP contribution in [0.2, 0.25) is 15.1 Å². The summed E-state index contributed by atoms with van der Waals surface area (Å²) in [5.74, 6) is -1.09. The summed E-state index contributed by atoms with van der Waals surface area (Å²) < 4.78 is 12.6. The van der Waals surface area contributed by atoms with Gasteiger partial charge in [0.2, 0.25) is 5.95 Å². The van der Waals surface area contributed by atoms with Gasteiger partial charge in [0.25, 0.3) is 0 Å². The second-order valence-electron chi connectivity index (χ2n) is 1.73. The van der Waals surface area contributed by atoms with E-state index in [1.165, 1.54) is 0 Å². The number of nitrogens with two attached hydrogens (primary N) is 1. The molecule has 0 saturated carbocycles. The van der Waals surface area contributed by atoms with Crippen molar-refractivity contribution in [2.45, 2.75) is 0 Å². The van der Waals surface area contributed by atoms with Crippen molar-refractivity contribution in [3.05, 3.63) is 21.0 Å². The highest BCUT2D eigenvalue weighted by molar-refractivity contribution is 6.48. The molecular formula is C5H2Cl3FN2. The topological polar surface area (TPSA) is 38.9 Å². The summed E-state index contributed by atoms with van der Waals surface area (Å²) in [4.78, 5) is 3.20. The zero-order valence-electron chi connectivity index (χ0n) is 5.04. The molecule has 0 aliphatic rings. The average molecular weight is 215 g/mol.